The summed E-state index contributed by atoms with van der Waals surface area (Å²) in [7, 11) is 9.32. The Morgan fingerprint density at radius 2 is 0.769 bits per heavy atom. The summed E-state index contributed by atoms with van der Waals surface area (Å²) in [5.74, 6) is 6.94. The Labute approximate surface area is 166 Å². The number of hydrogen-bond donors (Lipinski definition) is 0. The van der Waals surface area contributed by atoms with Crippen molar-refractivity contribution in [3.05, 3.63) is 0 Å². The predicted molar refractivity (Wildman–Crippen MR) is 118 cm³/mol. The topological polar surface area (TPSA) is 0 Å². The van der Waals surface area contributed by atoms with Crippen molar-refractivity contribution in [3.63, 3.8) is 0 Å². The fourth-order valence-electron chi connectivity index (χ4n) is 3.34. The zero-order chi connectivity index (χ0) is 19.7. The third-order valence-electron chi connectivity index (χ3n) is 5.37. The highest BCUT2D eigenvalue weighted by Gasteiger charge is 2.14. The third-order valence-corrected chi connectivity index (χ3v) is 5.37. The first-order valence-corrected chi connectivity index (χ1v) is 11.4. The van der Waals surface area contributed by atoms with Gasteiger partial charge in [0, 0.05) is 0 Å². The van der Waals surface area contributed by atoms with Crippen molar-refractivity contribution in [2.45, 2.75) is 90.9 Å². The van der Waals surface area contributed by atoms with Crippen LogP contribution in [0.5, 0.6) is 0 Å². The molecular formula is C24H50N2+2. The van der Waals surface area contributed by atoms with E-state index < -0.39 is 0 Å². The van der Waals surface area contributed by atoms with Crippen molar-refractivity contribution in [2.75, 3.05) is 54.4 Å². The summed E-state index contributed by atoms with van der Waals surface area (Å²) in [5, 5.41) is 0. The predicted octanol–water partition coefficient (Wildman–Crippen LogP) is 5.86. The molecule has 0 aliphatic carbocycles. The highest BCUT2D eigenvalue weighted by atomic mass is 15.3. The normalized spacial score (nSPS) is 12.1. The van der Waals surface area contributed by atoms with E-state index in [1.165, 1.54) is 90.1 Å². The summed E-state index contributed by atoms with van der Waals surface area (Å²) < 4.78 is 2.09. The summed E-state index contributed by atoms with van der Waals surface area (Å²) in [4.78, 5) is 0. The Morgan fingerprint density at radius 1 is 0.462 bits per heavy atom. The summed E-state index contributed by atoms with van der Waals surface area (Å²) >= 11 is 0. The first-order valence-electron chi connectivity index (χ1n) is 11.4. The van der Waals surface area contributed by atoms with Gasteiger partial charge in [-0.15, -0.1) is 0 Å². The minimum atomic E-state index is 0.992. The van der Waals surface area contributed by atoms with Crippen molar-refractivity contribution >= 4 is 0 Å². The average Bonchev–Trinajstić information content (AvgIpc) is 2.58. The smallest absolute Gasteiger partial charge is 0.140 e. The number of hydrogen-bond acceptors (Lipinski definition) is 0. The molecule has 0 saturated heterocycles. The molecule has 0 aromatic heterocycles. The van der Waals surface area contributed by atoms with Crippen molar-refractivity contribution in [2.24, 2.45) is 0 Å². The Balaban J connectivity index is 3.87. The molecule has 154 valence electrons. The summed E-state index contributed by atoms with van der Waals surface area (Å²) in [6.07, 6.45) is 16.6. The van der Waals surface area contributed by atoms with Crippen LogP contribution in [0.2, 0.25) is 0 Å². The van der Waals surface area contributed by atoms with E-state index in [0.29, 0.717) is 0 Å². The Morgan fingerprint density at radius 3 is 1.12 bits per heavy atom. The fourth-order valence-corrected chi connectivity index (χ4v) is 3.34. The SMILES string of the molecule is CCCCCCCC[N+](C)(C)CC#CC[N+](C)(C)CCCCCCCC. The fraction of sp³-hybridized carbons (Fsp3) is 0.917. The molecule has 0 atom stereocenters. The third kappa shape index (κ3) is 16.9. The van der Waals surface area contributed by atoms with Crippen LogP contribution in [-0.2, 0) is 0 Å². The van der Waals surface area contributed by atoms with Crippen LogP contribution in [0.15, 0.2) is 0 Å². The van der Waals surface area contributed by atoms with Crippen LogP contribution in [0.3, 0.4) is 0 Å². The van der Waals surface area contributed by atoms with E-state index in [1.807, 2.05) is 0 Å². The first kappa shape index (κ1) is 25.5. The number of quaternary nitrogens is 2. The Kier molecular flexibility index (Phi) is 15.2. The van der Waals surface area contributed by atoms with Gasteiger partial charge < -0.3 is 8.97 Å². The molecular weight excluding hydrogens is 316 g/mol. The van der Waals surface area contributed by atoms with E-state index in [-0.39, 0.29) is 0 Å². The van der Waals surface area contributed by atoms with Crippen LogP contribution in [-0.4, -0.2) is 63.3 Å². The van der Waals surface area contributed by atoms with Crippen LogP contribution in [0.25, 0.3) is 0 Å². The maximum absolute atomic E-state index is 3.47. The van der Waals surface area contributed by atoms with Crippen LogP contribution >= 0.6 is 0 Å². The maximum Gasteiger partial charge on any atom is 0.140 e. The standard InChI is InChI=1S/C24H50N2/c1-7-9-11-13-15-17-21-25(3,4)23-19-20-24-26(5,6)22-18-16-14-12-10-8-2/h7-18,21-24H2,1-6H3/q+2. The monoisotopic (exact) mass is 366 g/mol. The molecule has 26 heavy (non-hydrogen) atoms. The Hall–Kier alpha value is -0.520. The molecule has 0 aromatic carbocycles. The highest BCUT2D eigenvalue weighted by molar-refractivity contribution is 4.99. The molecule has 0 bridgehead atoms. The highest BCUT2D eigenvalue weighted by Crippen LogP contribution is 2.09. The Bertz CT molecular complexity index is 339. The minimum absolute atomic E-state index is 0.992. The van der Waals surface area contributed by atoms with Gasteiger partial charge in [0.1, 0.15) is 13.1 Å². The van der Waals surface area contributed by atoms with Crippen molar-refractivity contribution in [3.8, 4) is 11.8 Å². The quantitative estimate of drug-likeness (QED) is 0.182. The molecule has 0 fully saturated rings. The second-order valence-corrected chi connectivity index (χ2v) is 9.52. The van der Waals surface area contributed by atoms with E-state index in [1.54, 1.807) is 0 Å². The van der Waals surface area contributed by atoms with Crippen molar-refractivity contribution < 1.29 is 8.97 Å². The average molecular weight is 367 g/mol. The molecule has 0 aliphatic heterocycles. The van der Waals surface area contributed by atoms with E-state index in [4.69, 9.17) is 0 Å². The number of nitrogens with zero attached hydrogens (tertiary/aromatic N) is 2. The number of unbranched alkanes of at least 4 members (excludes halogenated alkanes) is 10. The van der Waals surface area contributed by atoms with Gasteiger partial charge in [0.2, 0.25) is 0 Å². The molecule has 0 spiro atoms. The lowest BCUT2D eigenvalue weighted by molar-refractivity contribution is -0.885. The molecule has 0 rings (SSSR count). The molecule has 2 heteroatoms. The van der Waals surface area contributed by atoms with Gasteiger partial charge in [-0.1, -0.05) is 65.2 Å². The largest absolute Gasteiger partial charge is 0.318 e. The van der Waals surface area contributed by atoms with Gasteiger partial charge in [0.15, 0.2) is 0 Å². The second-order valence-electron chi connectivity index (χ2n) is 9.52. The minimum Gasteiger partial charge on any atom is -0.318 e. The van der Waals surface area contributed by atoms with Gasteiger partial charge in [-0.05, 0) is 37.5 Å². The van der Waals surface area contributed by atoms with Gasteiger partial charge >= 0.3 is 0 Å². The van der Waals surface area contributed by atoms with E-state index in [9.17, 15) is 0 Å². The maximum atomic E-state index is 3.47. The van der Waals surface area contributed by atoms with E-state index >= 15 is 0 Å². The van der Waals surface area contributed by atoms with Gasteiger partial charge in [0.25, 0.3) is 0 Å². The summed E-state index contributed by atoms with van der Waals surface area (Å²) in [6, 6.07) is 0. The lowest BCUT2D eigenvalue weighted by Crippen LogP contribution is -2.42. The molecule has 0 heterocycles. The van der Waals surface area contributed by atoms with Gasteiger partial charge in [-0.25, -0.2) is 0 Å². The molecule has 0 saturated carbocycles. The van der Waals surface area contributed by atoms with Crippen LogP contribution in [0, 0.1) is 11.8 Å². The van der Waals surface area contributed by atoms with E-state index in [2.05, 4.69) is 53.9 Å². The van der Waals surface area contributed by atoms with Gasteiger partial charge in [-0.2, -0.15) is 0 Å². The summed E-state index contributed by atoms with van der Waals surface area (Å²) in [5.41, 5.74) is 0. The summed E-state index contributed by atoms with van der Waals surface area (Å²) in [6.45, 7) is 9.07. The molecule has 2 nitrogen and oxygen atoms in total. The molecule has 0 aromatic rings. The lowest BCUT2D eigenvalue weighted by Gasteiger charge is -2.28. The molecule has 0 amide bonds. The lowest BCUT2D eigenvalue weighted by atomic mass is 10.1. The van der Waals surface area contributed by atoms with Crippen LogP contribution in [0.4, 0.5) is 0 Å². The van der Waals surface area contributed by atoms with E-state index in [0.717, 1.165) is 22.1 Å². The van der Waals surface area contributed by atoms with Gasteiger partial charge in [-0.3, -0.25) is 0 Å². The van der Waals surface area contributed by atoms with Crippen molar-refractivity contribution in [1.82, 2.24) is 0 Å². The molecule has 0 N–H and O–H groups in total. The van der Waals surface area contributed by atoms with Crippen LogP contribution < -0.4 is 0 Å². The van der Waals surface area contributed by atoms with Crippen molar-refractivity contribution in [1.29, 1.82) is 0 Å². The van der Waals surface area contributed by atoms with Crippen LogP contribution in [0.1, 0.15) is 90.9 Å². The molecule has 0 unspecified atom stereocenters. The first-order chi connectivity index (χ1) is 12.3. The molecule has 0 aliphatic rings. The van der Waals surface area contributed by atoms with Gasteiger partial charge in [0.05, 0.1) is 41.3 Å². The zero-order valence-electron chi connectivity index (χ0n) is 19.2. The number of rotatable bonds is 16. The zero-order valence-corrected chi connectivity index (χ0v) is 19.2. The molecule has 0 radical (unpaired) electrons. The second kappa shape index (κ2) is 15.5.